The van der Waals surface area contributed by atoms with Crippen molar-refractivity contribution in [3.05, 3.63) is 65.4 Å². The predicted molar refractivity (Wildman–Crippen MR) is 95.6 cm³/mol. The van der Waals surface area contributed by atoms with Crippen molar-refractivity contribution in [1.29, 1.82) is 0 Å². The summed E-state index contributed by atoms with van der Waals surface area (Å²) in [5.41, 5.74) is 2.94. The smallest absolute Gasteiger partial charge is 0.375 e. The number of hydrogen-bond donors (Lipinski definition) is 1. The number of furan rings is 1. The van der Waals surface area contributed by atoms with Gasteiger partial charge in [-0.3, -0.25) is 4.79 Å². The first-order chi connectivity index (χ1) is 12.0. The third-order valence-corrected chi connectivity index (χ3v) is 4.09. The lowest BCUT2D eigenvalue weighted by Gasteiger charge is -2.14. The summed E-state index contributed by atoms with van der Waals surface area (Å²) in [6.45, 7) is 5.22. The van der Waals surface area contributed by atoms with Crippen LogP contribution in [0.2, 0.25) is 0 Å². The first-order valence-corrected chi connectivity index (χ1v) is 8.03. The normalized spacial score (nSPS) is 12.0. The molecule has 1 unspecified atom stereocenters. The lowest BCUT2D eigenvalue weighted by atomic mass is 10.1. The number of hydrogen-bond acceptors (Lipinski definition) is 4. The number of nitrogens with one attached hydrogen (secondary N) is 1. The van der Waals surface area contributed by atoms with Gasteiger partial charge in [0.25, 0.3) is 5.91 Å². The van der Waals surface area contributed by atoms with E-state index < -0.39 is 18.0 Å². The largest absolute Gasteiger partial charge is 0.449 e. The number of fused-ring (bicyclic) bond motifs is 1. The maximum Gasteiger partial charge on any atom is 0.375 e. The molecule has 0 bridgehead atoms. The molecule has 25 heavy (non-hydrogen) atoms. The molecule has 2 aromatic carbocycles. The van der Waals surface area contributed by atoms with Crippen LogP contribution in [0.15, 0.2) is 52.9 Å². The fourth-order valence-corrected chi connectivity index (χ4v) is 2.58. The number of carbonyl (C=O) groups excluding carboxylic acids is 2. The Labute approximate surface area is 145 Å². The lowest BCUT2D eigenvalue weighted by Crippen LogP contribution is -2.30. The molecular formula is C20H19NO4. The fraction of sp³-hybridized carbons (Fsp3) is 0.200. The second-order valence-corrected chi connectivity index (χ2v) is 5.90. The zero-order valence-electron chi connectivity index (χ0n) is 14.3. The van der Waals surface area contributed by atoms with Crippen molar-refractivity contribution < 1.29 is 18.7 Å². The summed E-state index contributed by atoms with van der Waals surface area (Å²) < 4.78 is 10.8. The number of esters is 1. The number of benzene rings is 2. The van der Waals surface area contributed by atoms with E-state index in [9.17, 15) is 9.59 Å². The Morgan fingerprint density at radius 1 is 1.04 bits per heavy atom. The molecule has 0 saturated heterocycles. The summed E-state index contributed by atoms with van der Waals surface area (Å²) in [7, 11) is 0. The van der Waals surface area contributed by atoms with Crippen LogP contribution in [0, 0.1) is 13.8 Å². The number of ether oxygens (including phenoxy) is 1. The van der Waals surface area contributed by atoms with Gasteiger partial charge in [-0.1, -0.05) is 36.4 Å². The maximum atomic E-state index is 12.4. The zero-order valence-corrected chi connectivity index (χ0v) is 14.3. The number of rotatable bonds is 4. The summed E-state index contributed by atoms with van der Waals surface area (Å²) >= 11 is 0. The van der Waals surface area contributed by atoms with Crippen LogP contribution in [0.3, 0.4) is 0 Å². The maximum absolute atomic E-state index is 12.4. The van der Waals surface area contributed by atoms with Gasteiger partial charge in [-0.05, 0) is 38.5 Å². The van der Waals surface area contributed by atoms with Crippen LogP contribution in [0.1, 0.15) is 28.6 Å². The highest BCUT2D eigenvalue weighted by molar-refractivity contribution is 5.99. The van der Waals surface area contributed by atoms with Crippen LogP contribution in [-0.2, 0) is 9.53 Å². The fourth-order valence-electron chi connectivity index (χ4n) is 2.58. The lowest BCUT2D eigenvalue weighted by molar-refractivity contribution is -0.123. The van der Waals surface area contributed by atoms with Crippen LogP contribution < -0.4 is 5.32 Å². The van der Waals surface area contributed by atoms with Gasteiger partial charge in [0.1, 0.15) is 5.58 Å². The predicted octanol–water partition coefficient (Wildman–Crippen LogP) is 4.23. The van der Waals surface area contributed by atoms with Crippen molar-refractivity contribution in [2.24, 2.45) is 0 Å². The molecule has 1 heterocycles. The average Bonchev–Trinajstić information content (AvgIpc) is 2.94. The molecule has 128 valence electrons. The van der Waals surface area contributed by atoms with E-state index in [2.05, 4.69) is 5.32 Å². The highest BCUT2D eigenvalue weighted by Gasteiger charge is 2.24. The molecule has 0 spiro atoms. The van der Waals surface area contributed by atoms with E-state index in [1.54, 1.807) is 19.1 Å². The highest BCUT2D eigenvalue weighted by atomic mass is 16.6. The van der Waals surface area contributed by atoms with Crippen LogP contribution in [0.4, 0.5) is 5.69 Å². The minimum atomic E-state index is -0.945. The first-order valence-electron chi connectivity index (χ1n) is 8.03. The van der Waals surface area contributed by atoms with Gasteiger partial charge in [0.15, 0.2) is 6.10 Å². The van der Waals surface area contributed by atoms with Crippen LogP contribution >= 0.6 is 0 Å². The van der Waals surface area contributed by atoms with E-state index in [1.165, 1.54) is 6.92 Å². The van der Waals surface area contributed by atoms with Gasteiger partial charge in [0, 0.05) is 16.6 Å². The number of aryl methyl sites for hydroxylation is 2. The Kier molecular flexibility index (Phi) is 4.57. The first kappa shape index (κ1) is 16.8. The Bertz CT molecular complexity index is 942. The number of anilines is 1. The Morgan fingerprint density at radius 2 is 1.72 bits per heavy atom. The van der Waals surface area contributed by atoms with E-state index in [0.717, 1.165) is 10.9 Å². The second kappa shape index (κ2) is 6.81. The van der Waals surface area contributed by atoms with Gasteiger partial charge in [-0.15, -0.1) is 0 Å². The quantitative estimate of drug-likeness (QED) is 0.723. The summed E-state index contributed by atoms with van der Waals surface area (Å²) in [6, 6.07) is 14.8. The SMILES string of the molecule is Cc1ccccc1NC(=O)C(C)OC(=O)c1oc2ccccc2c1C. The molecule has 1 aromatic heterocycles. The van der Waals surface area contributed by atoms with Crippen LogP contribution in [-0.4, -0.2) is 18.0 Å². The molecule has 0 aliphatic carbocycles. The molecule has 1 N–H and O–H groups in total. The molecule has 0 saturated carbocycles. The number of para-hydroxylation sites is 2. The number of amides is 1. The van der Waals surface area contributed by atoms with Crippen molar-refractivity contribution in [2.75, 3.05) is 5.32 Å². The highest BCUT2D eigenvalue weighted by Crippen LogP contribution is 2.25. The summed E-state index contributed by atoms with van der Waals surface area (Å²) in [5.74, 6) is -0.922. The Hall–Kier alpha value is -3.08. The number of carbonyl (C=O) groups is 2. The van der Waals surface area contributed by atoms with E-state index in [4.69, 9.17) is 9.15 Å². The molecular weight excluding hydrogens is 318 g/mol. The molecule has 3 aromatic rings. The van der Waals surface area contributed by atoms with Crippen molar-refractivity contribution >= 4 is 28.5 Å². The molecule has 1 atom stereocenters. The molecule has 5 heteroatoms. The third-order valence-electron chi connectivity index (χ3n) is 4.09. The molecule has 0 aliphatic rings. The van der Waals surface area contributed by atoms with Gasteiger partial charge in [0.2, 0.25) is 5.76 Å². The second-order valence-electron chi connectivity index (χ2n) is 5.90. The van der Waals surface area contributed by atoms with Gasteiger partial charge in [-0.25, -0.2) is 4.79 Å². The minimum absolute atomic E-state index is 0.122. The summed E-state index contributed by atoms with van der Waals surface area (Å²) in [4.78, 5) is 24.6. The molecule has 5 nitrogen and oxygen atoms in total. The standard InChI is InChI=1S/C20H19NO4/c1-12-8-4-6-10-16(12)21-19(22)14(3)24-20(23)18-13(2)15-9-5-7-11-17(15)25-18/h4-11,14H,1-3H3,(H,21,22). The van der Waals surface area contributed by atoms with Crippen LogP contribution in [0.5, 0.6) is 0 Å². The van der Waals surface area contributed by atoms with Crippen LogP contribution in [0.25, 0.3) is 11.0 Å². The van der Waals surface area contributed by atoms with E-state index in [-0.39, 0.29) is 5.76 Å². The topological polar surface area (TPSA) is 68.5 Å². The van der Waals surface area contributed by atoms with Crippen molar-refractivity contribution in [3.8, 4) is 0 Å². The Balaban J connectivity index is 1.72. The van der Waals surface area contributed by atoms with E-state index >= 15 is 0 Å². The van der Waals surface area contributed by atoms with Gasteiger partial charge in [-0.2, -0.15) is 0 Å². The zero-order chi connectivity index (χ0) is 18.0. The average molecular weight is 337 g/mol. The van der Waals surface area contributed by atoms with E-state index in [0.29, 0.717) is 16.8 Å². The van der Waals surface area contributed by atoms with Crippen molar-refractivity contribution in [1.82, 2.24) is 0 Å². The summed E-state index contributed by atoms with van der Waals surface area (Å²) in [6.07, 6.45) is -0.945. The van der Waals surface area contributed by atoms with Gasteiger partial charge in [0.05, 0.1) is 0 Å². The molecule has 0 radical (unpaired) electrons. The third kappa shape index (κ3) is 3.40. The minimum Gasteiger partial charge on any atom is -0.449 e. The molecule has 3 rings (SSSR count). The Morgan fingerprint density at radius 3 is 2.44 bits per heavy atom. The van der Waals surface area contributed by atoms with Crippen molar-refractivity contribution in [2.45, 2.75) is 26.9 Å². The van der Waals surface area contributed by atoms with Gasteiger partial charge < -0.3 is 14.5 Å². The molecule has 1 amide bonds. The van der Waals surface area contributed by atoms with E-state index in [1.807, 2.05) is 43.3 Å². The summed E-state index contributed by atoms with van der Waals surface area (Å²) in [5, 5.41) is 3.61. The molecule has 0 fully saturated rings. The molecule has 0 aliphatic heterocycles. The van der Waals surface area contributed by atoms with Gasteiger partial charge >= 0.3 is 5.97 Å². The monoisotopic (exact) mass is 337 g/mol. The van der Waals surface area contributed by atoms with Crippen molar-refractivity contribution in [3.63, 3.8) is 0 Å².